The summed E-state index contributed by atoms with van der Waals surface area (Å²) >= 11 is 11.3. The lowest BCUT2D eigenvalue weighted by Crippen LogP contribution is -2.24. The lowest BCUT2D eigenvalue weighted by atomic mass is 10.2. The van der Waals surface area contributed by atoms with E-state index in [4.69, 9.17) is 27.9 Å². The van der Waals surface area contributed by atoms with Gasteiger partial charge in [-0.05, 0) is 17.7 Å². The maximum Gasteiger partial charge on any atom is 0.408 e. The first-order chi connectivity index (χ1) is 11.1. The zero-order valence-corrected chi connectivity index (χ0v) is 13.4. The number of rotatable bonds is 3. The fourth-order valence-corrected chi connectivity index (χ4v) is 2.15. The van der Waals surface area contributed by atoms with Gasteiger partial charge in [-0.25, -0.2) is 9.18 Å². The van der Waals surface area contributed by atoms with Crippen LogP contribution in [0, 0.1) is 17.7 Å². The van der Waals surface area contributed by atoms with Crippen molar-refractivity contribution in [1.82, 2.24) is 5.32 Å². The van der Waals surface area contributed by atoms with Crippen LogP contribution in [0.1, 0.15) is 11.1 Å². The van der Waals surface area contributed by atoms with E-state index in [1.54, 1.807) is 0 Å². The molecule has 1 amide bonds. The summed E-state index contributed by atoms with van der Waals surface area (Å²) in [6.45, 7) is 0.267. The van der Waals surface area contributed by atoms with Crippen LogP contribution in [0.15, 0.2) is 42.5 Å². The molecule has 2 rings (SSSR count). The number of carbonyl (C=O) groups excluding carboxylic acids is 1. The second-order valence-electron chi connectivity index (χ2n) is 4.47. The van der Waals surface area contributed by atoms with Crippen LogP contribution in [-0.2, 0) is 11.3 Å². The van der Waals surface area contributed by atoms with E-state index in [9.17, 15) is 9.18 Å². The smallest absolute Gasteiger partial charge is 0.408 e. The second-order valence-corrected chi connectivity index (χ2v) is 5.29. The van der Waals surface area contributed by atoms with Gasteiger partial charge in [-0.3, -0.25) is 0 Å². The minimum Gasteiger partial charge on any atom is -0.445 e. The molecule has 0 fully saturated rings. The Labute approximate surface area is 143 Å². The molecule has 2 aromatic carbocycles. The highest BCUT2D eigenvalue weighted by Crippen LogP contribution is 2.24. The van der Waals surface area contributed by atoms with E-state index in [1.165, 1.54) is 12.1 Å². The molecular formula is C17H12Cl2FNO2. The van der Waals surface area contributed by atoms with E-state index in [-0.39, 0.29) is 23.2 Å². The van der Waals surface area contributed by atoms with E-state index >= 15 is 0 Å². The monoisotopic (exact) mass is 351 g/mol. The van der Waals surface area contributed by atoms with Crippen molar-refractivity contribution in [1.29, 1.82) is 0 Å². The van der Waals surface area contributed by atoms with Crippen molar-refractivity contribution < 1.29 is 13.9 Å². The van der Waals surface area contributed by atoms with Crippen LogP contribution in [0.5, 0.6) is 0 Å². The number of benzene rings is 2. The Kier molecular flexibility index (Phi) is 6.28. The quantitative estimate of drug-likeness (QED) is 0.656. The number of carbonyl (C=O) groups is 1. The Morgan fingerprint density at radius 1 is 1.17 bits per heavy atom. The third kappa shape index (κ3) is 5.48. The first kappa shape index (κ1) is 17.1. The minimum atomic E-state index is -0.679. The maximum absolute atomic E-state index is 13.2. The third-order valence-electron chi connectivity index (χ3n) is 2.75. The average molecular weight is 352 g/mol. The first-order valence-corrected chi connectivity index (χ1v) is 7.40. The number of alkyl carbamates (subject to hydrolysis) is 1. The summed E-state index contributed by atoms with van der Waals surface area (Å²) in [6.07, 6.45) is -0.571. The van der Waals surface area contributed by atoms with Crippen LogP contribution >= 0.6 is 23.2 Å². The molecule has 0 aliphatic heterocycles. The fourth-order valence-electron chi connectivity index (χ4n) is 1.66. The molecule has 118 valence electrons. The highest BCUT2D eigenvalue weighted by atomic mass is 35.5. The topological polar surface area (TPSA) is 38.3 Å². The van der Waals surface area contributed by atoms with Crippen molar-refractivity contribution in [2.45, 2.75) is 6.61 Å². The SMILES string of the molecule is O=C(NCC#Cc1cc(Cl)c(F)c(Cl)c1)OCc1ccccc1. The fraction of sp³-hybridized carbons (Fsp3) is 0.118. The van der Waals surface area contributed by atoms with Gasteiger partial charge in [0.1, 0.15) is 6.61 Å². The Morgan fingerprint density at radius 3 is 2.48 bits per heavy atom. The van der Waals surface area contributed by atoms with Crippen molar-refractivity contribution in [2.75, 3.05) is 6.54 Å². The number of amides is 1. The Morgan fingerprint density at radius 2 is 1.83 bits per heavy atom. The van der Waals surface area contributed by atoms with Crippen LogP contribution in [0.25, 0.3) is 0 Å². The summed E-state index contributed by atoms with van der Waals surface area (Å²) in [5, 5.41) is 2.29. The molecule has 6 heteroatoms. The van der Waals surface area contributed by atoms with Crippen molar-refractivity contribution >= 4 is 29.3 Å². The lowest BCUT2D eigenvalue weighted by Gasteiger charge is -2.04. The van der Waals surface area contributed by atoms with Gasteiger partial charge in [-0.2, -0.15) is 0 Å². The predicted octanol–water partition coefficient (Wildman–Crippen LogP) is 4.41. The van der Waals surface area contributed by atoms with Gasteiger partial charge in [-0.15, -0.1) is 0 Å². The molecule has 0 heterocycles. The normalized spacial score (nSPS) is 9.70. The van der Waals surface area contributed by atoms with Crippen LogP contribution in [0.4, 0.5) is 9.18 Å². The molecule has 0 unspecified atom stereocenters. The Bertz CT molecular complexity index is 731. The number of nitrogens with one attached hydrogen (secondary N) is 1. The second kappa shape index (κ2) is 8.42. The summed E-state index contributed by atoms with van der Waals surface area (Å²) in [6, 6.07) is 12.0. The van der Waals surface area contributed by atoms with E-state index in [0.29, 0.717) is 5.56 Å². The summed E-state index contributed by atoms with van der Waals surface area (Å²) < 4.78 is 18.3. The molecule has 0 aliphatic carbocycles. The predicted molar refractivity (Wildman–Crippen MR) is 87.9 cm³/mol. The Balaban J connectivity index is 1.80. The lowest BCUT2D eigenvalue weighted by molar-refractivity contribution is 0.141. The highest BCUT2D eigenvalue weighted by molar-refractivity contribution is 6.35. The molecule has 23 heavy (non-hydrogen) atoms. The number of hydrogen-bond acceptors (Lipinski definition) is 2. The van der Waals surface area contributed by atoms with Crippen molar-refractivity contribution in [3.8, 4) is 11.8 Å². The minimum absolute atomic E-state index is 0.0836. The number of hydrogen-bond donors (Lipinski definition) is 1. The van der Waals surface area contributed by atoms with Gasteiger partial charge in [0.25, 0.3) is 0 Å². The average Bonchev–Trinajstić information content (AvgIpc) is 2.55. The van der Waals surface area contributed by atoms with Gasteiger partial charge < -0.3 is 10.1 Å². The molecule has 0 saturated heterocycles. The van der Waals surface area contributed by atoms with Crippen molar-refractivity contribution in [3.63, 3.8) is 0 Å². The summed E-state index contributed by atoms with van der Waals surface area (Å²) in [5.41, 5.74) is 1.35. The molecule has 2 aromatic rings. The zero-order chi connectivity index (χ0) is 16.7. The van der Waals surface area contributed by atoms with Gasteiger partial charge in [0, 0.05) is 5.56 Å². The molecular weight excluding hydrogens is 340 g/mol. The van der Waals surface area contributed by atoms with Crippen LogP contribution in [0.3, 0.4) is 0 Å². The summed E-state index contributed by atoms with van der Waals surface area (Å²) in [7, 11) is 0. The van der Waals surface area contributed by atoms with E-state index < -0.39 is 11.9 Å². The molecule has 3 nitrogen and oxygen atoms in total. The van der Waals surface area contributed by atoms with Crippen molar-refractivity contribution in [2.24, 2.45) is 0 Å². The van der Waals surface area contributed by atoms with Crippen LogP contribution in [-0.4, -0.2) is 12.6 Å². The van der Waals surface area contributed by atoms with E-state index in [1.807, 2.05) is 30.3 Å². The van der Waals surface area contributed by atoms with E-state index in [2.05, 4.69) is 17.2 Å². The zero-order valence-electron chi connectivity index (χ0n) is 11.9. The molecule has 0 bridgehead atoms. The molecule has 0 aromatic heterocycles. The van der Waals surface area contributed by atoms with Crippen LogP contribution < -0.4 is 5.32 Å². The maximum atomic E-state index is 13.2. The largest absolute Gasteiger partial charge is 0.445 e. The van der Waals surface area contributed by atoms with Gasteiger partial charge in [0.2, 0.25) is 0 Å². The molecule has 0 radical (unpaired) electrons. The summed E-state index contributed by atoms with van der Waals surface area (Å²) in [5.74, 6) is 4.75. The molecule has 0 saturated carbocycles. The van der Waals surface area contributed by atoms with E-state index in [0.717, 1.165) is 5.56 Å². The van der Waals surface area contributed by atoms with Gasteiger partial charge in [0.15, 0.2) is 5.82 Å². The molecule has 0 atom stereocenters. The summed E-state index contributed by atoms with van der Waals surface area (Å²) in [4.78, 5) is 11.5. The number of ether oxygens (including phenoxy) is 1. The highest BCUT2D eigenvalue weighted by Gasteiger charge is 2.06. The van der Waals surface area contributed by atoms with Gasteiger partial charge in [0.05, 0.1) is 16.6 Å². The molecule has 1 N–H and O–H groups in total. The molecule has 0 spiro atoms. The standard InChI is InChI=1S/C17H12Cl2FNO2/c18-14-9-13(10-15(19)16(14)20)7-4-8-21-17(22)23-11-12-5-2-1-3-6-12/h1-3,5-6,9-10H,8,11H2,(H,21,22). The van der Waals surface area contributed by atoms with Crippen LogP contribution in [0.2, 0.25) is 10.0 Å². The van der Waals surface area contributed by atoms with Crippen molar-refractivity contribution in [3.05, 3.63) is 69.5 Å². The first-order valence-electron chi connectivity index (χ1n) is 6.64. The number of halogens is 3. The van der Waals surface area contributed by atoms with Gasteiger partial charge >= 0.3 is 6.09 Å². The molecule has 0 aliphatic rings. The third-order valence-corrected chi connectivity index (χ3v) is 3.30. The van der Waals surface area contributed by atoms with Gasteiger partial charge in [-0.1, -0.05) is 65.4 Å². The Hall–Kier alpha value is -2.22.